The lowest BCUT2D eigenvalue weighted by atomic mass is 9.82. The summed E-state index contributed by atoms with van der Waals surface area (Å²) in [4.78, 5) is 20.3. The van der Waals surface area contributed by atoms with Gasteiger partial charge in [0.2, 0.25) is 5.91 Å². The molecule has 1 N–H and O–H groups in total. The molecule has 0 aliphatic carbocycles. The lowest BCUT2D eigenvalue weighted by molar-refractivity contribution is -0.137. The van der Waals surface area contributed by atoms with Gasteiger partial charge in [0.1, 0.15) is 12.4 Å². The SMILES string of the molecule is O=C(NCCN1CCCCC1)[C@H]1Cc2cc(C(F)(F)F)ccc2N2CCN(CCOc3ccccc3)C[C@@H]12. The second-order valence-corrected chi connectivity index (χ2v) is 10.6. The second kappa shape index (κ2) is 11.9. The number of ether oxygens (including phenoxy) is 1. The summed E-state index contributed by atoms with van der Waals surface area (Å²) in [6, 6.07) is 13.6. The zero-order valence-electron chi connectivity index (χ0n) is 21.8. The highest BCUT2D eigenvalue weighted by atomic mass is 19.4. The third-order valence-electron chi connectivity index (χ3n) is 8.06. The molecule has 3 heterocycles. The predicted molar refractivity (Wildman–Crippen MR) is 141 cm³/mol. The lowest BCUT2D eigenvalue weighted by Crippen LogP contribution is -2.61. The van der Waals surface area contributed by atoms with Crippen molar-refractivity contribution in [3.05, 3.63) is 59.7 Å². The third-order valence-corrected chi connectivity index (χ3v) is 8.06. The van der Waals surface area contributed by atoms with Crippen molar-refractivity contribution in [2.24, 2.45) is 5.92 Å². The molecule has 0 spiro atoms. The van der Waals surface area contributed by atoms with E-state index in [0.29, 0.717) is 38.2 Å². The number of halogens is 3. The van der Waals surface area contributed by atoms with Crippen LogP contribution in [0.15, 0.2) is 48.5 Å². The Labute approximate surface area is 222 Å². The van der Waals surface area contributed by atoms with E-state index < -0.39 is 17.7 Å². The number of piperidine rings is 1. The fourth-order valence-electron chi connectivity index (χ4n) is 6.02. The van der Waals surface area contributed by atoms with E-state index in [1.165, 1.54) is 25.3 Å². The van der Waals surface area contributed by atoms with Gasteiger partial charge >= 0.3 is 6.18 Å². The molecular weight excluding hydrogens is 493 g/mol. The summed E-state index contributed by atoms with van der Waals surface area (Å²) in [7, 11) is 0. The first-order valence-corrected chi connectivity index (χ1v) is 13.8. The molecule has 9 heteroatoms. The molecule has 2 atom stereocenters. The Bertz CT molecular complexity index is 1080. The van der Waals surface area contributed by atoms with E-state index in [1.54, 1.807) is 6.07 Å². The zero-order chi connectivity index (χ0) is 26.5. The van der Waals surface area contributed by atoms with Gasteiger partial charge in [0, 0.05) is 45.0 Å². The Kier molecular flexibility index (Phi) is 8.43. The highest BCUT2D eigenvalue weighted by molar-refractivity contribution is 5.82. The average molecular weight is 531 g/mol. The van der Waals surface area contributed by atoms with Crippen molar-refractivity contribution in [2.45, 2.75) is 37.9 Å². The van der Waals surface area contributed by atoms with Crippen molar-refractivity contribution in [1.82, 2.24) is 15.1 Å². The molecule has 3 aliphatic heterocycles. The molecule has 6 nitrogen and oxygen atoms in total. The smallest absolute Gasteiger partial charge is 0.416 e. The molecule has 2 fully saturated rings. The molecule has 0 saturated carbocycles. The summed E-state index contributed by atoms with van der Waals surface area (Å²) in [5, 5.41) is 3.12. The van der Waals surface area contributed by atoms with E-state index in [0.717, 1.165) is 50.2 Å². The van der Waals surface area contributed by atoms with Crippen molar-refractivity contribution in [2.75, 3.05) is 63.9 Å². The van der Waals surface area contributed by atoms with Crippen LogP contribution < -0.4 is 15.0 Å². The quantitative estimate of drug-likeness (QED) is 0.558. The number of nitrogens with zero attached hydrogens (tertiary/aromatic N) is 3. The zero-order valence-corrected chi connectivity index (χ0v) is 21.8. The summed E-state index contributed by atoms with van der Waals surface area (Å²) < 4.78 is 46.3. The number of carbonyl (C=O) groups is 1. The van der Waals surface area contributed by atoms with Crippen LogP contribution in [0, 0.1) is 5.92 Å². The Morgan fingerprint density at radius 3 is 2.50 bits per heavy atom. The molecule has 2 aromatic carbocycles. The maximum absolute atomic E-state index is 13.5. The first kappa shape index (κ1) is 26.8. The molecular formula is C29H37F3N4O2. The number of rotatable bonds is 8. The standard InChI is InChI=1S/C29H37F3N4O2/c30-29(31,32)23-9-10-26-22(19-23)20-25(28(37)33-11-14-34-12-5-2-6-13-34)27-21-35(15-16-36(26)27)17-18-38-24-7-3-1-4-8-24/h1,3-4,7-10,19,25,27H,2,5-6,11-18,20-21H2,(H,33,37)/t25-,27-/m0/s1. The molecule has 0 radical (unpaired) electrons. The van der Waals surface area contributed by atoms with Gasteiger partial charge in [0.25, 0.3) is 0 Å². The van der Waals surface area contributed by atoms with Gasteiger partial charge in [-0.05, 0) is 68.2 Å². The average Bonchev–Trinajstić information content (AvgIpc) is 2.93. The van der Waals surface area contributed by atoms with Crippen LogP contribution in [0.3, 0.4) is 0 Å². The van der Waals surface area contributed by atoms with Crippen molar-refractivity contribution in [1.29, 1.82) is 0 Å². The minimum atomic E-state index is -4.41. The Morgan fingerprint density at radius 2 is 1.74 bits per heavy atom. The number of anilines is 1. The van der Waals surface area contributed by atoms with Crippen LogP contribution in [-0.4, -0.2) is 80.7 Å². The minimum absolute atomic E-state index is 0.0672. The van der Waals surface area contributed by atoms with Gasteiger partial charge in [-0.2, -0.15) is 13.2 Å². The Hall–Kier alpha value is -2.78. The summed E-state index contributed by atoms with van der Waals surface area (Å²) in [5.41, 5.74) is 0.768. The molecule has 0 unspecified atom stereocenters. The molecule has 5 rings (SSSR count). The van der Waals surface area contributed by atoms with E-state index >= 15 is 0 Å². The lowest BCUT2D eigenvalue weighted by Gasteiger charge is -2.49. The number of hydrogen-bond donors (Lipinski definition) is 1. The van der Waals surface area contributed by atoms with Crippen molar-refractivity contribution in [3.8, 4) is 5.75 Å². The van der Waals surface area contributed by atoms with Crippen LogP contribution in [0.25, 0.3) is 0 Å². The normalized spacial score (nSPS) is 22.4. The van der Waals surface area contributed by atoms with E-state index in [-0.39, 0.29) is 11.9 Å². The second-order valence-electron chi connectivity index (χ2n) is 10.6. The van der Waals surface area contributed by atoms with Gasteiger partial charge in [0.05, 0.1) is 17.5 Å². The van der Waals surface area contributed by atoms with Gasteiger partial charge in [-0.1, -0.05) is 24.6 Å². The monoisotopic (exact) mass is 530 g/mol. The number of likely N-dealkylation sites (tertiary alicyclic amines) is 1. The summed E-state index contributed by atoms with van der Waals surface area (Å²) in [5.74, 6) is 0.344. The van der Waals surface area contributed by atoms with Crippen LogP contribution in [-0.2, 0) is 17.4 Å². The number of nitrogens with one attached hydrogen (secondary N) is 1. The van der Waals surface area contributed by atoms with Gasteiger partial charge in [0.15, 0.2) is 0 Å². The molecule has 38 heavy (non-hydrogen) atoms. The van der Waals surface area contributed by atoms with Crippen LogP contribution in [0.2, 0.25) is 0 Å². The van der Waals surface area contributed by atoms with Crippen LogP contribution >= 0.6 is 0 Å². The van der Waals surface area contributed by atoms with Crippen LogP contribution in [0.1, 0.15) is 30.4 Å². The molecule has 3 aliphatic rings. The highest BCUT2D eigenvalue weighted by Crippen LogP contribution is 2.39. The van der Waals surface area contributed by atoms with Crippen molar-refractivity contribution in [3.63, 3.8) is 0 Å². The maximum atomic E-state index is 13.5. The fraction of sp³-hybridized carbons (Fsp3) is 0.552. The molecule has 1 amide bonds. The Morgan fingerprint density at radius 1 is 0.947 bits per heavy atom. The van der Waals surface area contributed by atoms with Gasteiger partial charge in [-0.25, -0.2) is 0 Å². The largest absolute Gasteiger partial charge is 0.492 e. The summed E-state index contributed by atoms with van der Waals surface area (Å²) in [6.45, 7) is 6.84. The van der Waals surface area contributed by atoms with Gasteiger partial charge in [-0.15, -0.1) is 0 Å². The minimum Gasteiger partial charge on any atom is -0.492 e. The van der Waals surface area contributed by atoms with Gasteiger partial charge < -0.3 is 19.9 Å². The third kappa shape index (κ3) is 6.43. The molecule has 0 aromatic heterocycles. The van der Waals surface area contributed by atoms with E-state index in [4.69, 9.17) is 4.74 Å². The summed E-state index contributed by atoms with van der Waals surface area (Å²) >= 11 is 0. The summed E-state index contributed by atoms with van der Waals surface area (Å²) in [6.07, 6.45) is -0.458. The van der Waals surface area contributed by atoms with E-state index in [1.807, 2.05) is 30.3 Å². The number of para-hydroxylation sites is 1. The highest BCUT2D eigenvalue weighted by Gasteiger charge is 2.42. The van der Waals surface area contributed by atoms with E-state index in [2.05, 4.69) is 20.0 Å². The number of piperazine rings is 1. The van der Waals surface area contributed by atoms with Crippen LogP contribution in [0.4, 0.5) is 18.9 Å². The van der Waals surface area contributed by atoms with E-state index in [9.17, 15) is 18.0 Å². The number of fused-ring (bicyclic) bond motifs is 3. The number of amides is 1. The topological polar surface area (TPSA) is 48.1 Å². The molecule has 206 valence electrons. The van der Waals surface area contributed by atoms with Crippen molar-refractivity contribution >= 4 is 11.6 Å². The number of alkyl halides is 3. The first-order valence-electron chi connectivity index (χ1n) is 13.8. The fourth-order valence-corrected chi connectivity index (χ4v) is 6.02. The van der Waals surface area contributed by atoms with Crippen LogP contribution in [0.5, 0.6) is 5.75 Å². The predicted octanol–water partition coefficient (Wildman–Crippen LogP) is 4.05. The number of benzene rings is 2. The molecule has 2 aromatic rings. The number of hydrogen-bond acceptors (Lipinski definition) is 5. The Balaban J connectivity index is 1.27. The molecule has 2 saturated heterocycles. The first-order chi connectivity index (χ1) is 18.4. The number of carbonyl (C=O) groups excluding carboxylic acids is 1. The van der Waals surface area contributed by atoms with Crippen molar-refractivity contribution < 1.29 is 22.7 Å². The molecule has 0 bridgehead atoms. The maximum Gasteiger partial charge on any atom is 0.416 e. The van der Waals surface area contributed by atoms with Gasteiger partial charge in [-0.3, -0.25) is 9.69 Å².